The maximum absolute atomic E-state index is 13.2. The number of aryl methyl sites for hydroxylation is 1. The topological polar surface area (TPSA) is 47.3 Å². The van der Waals surface area contributed by atoms with E-state index in [-0.39, 0.29) is 11.9 Å². The lowest BCUT2D eigenvalue weighted by molar-refractivity contribution is 0.340. The molecule has 2 aromatic carbocycles. The van der Waals surface area contributed by atoms with Crippen molar-refractivity contribution in [2.24, 2.45) is 5.84 Å². The minimum atomic E-state index is -0.213. The van der Waals surface area contributed by atoms with Crippen molar-refractivity contribution in [2.75, 3.05) is 6.61 Å². The predicted octanol–water partition coefficient (Wildman–Crippen LogP) is 3.28. The Morgan fingerprint density at radius 3 is 2.48 bits per heavy atom. The number of hydrogen-bond donors (Lipinski definition) is 2. The van der Waals surface area contributed by atoms with Crippen molar-refractivity contribution in [3.05, 3.63) is 65.0 Å². The van der Waals surface area contributed by atoms with Crippen molar-refractivity contribution in [2.45, 2.75) is 26.3 Å². The van der Waals surface area contributed by atoms with E-state index in [9.17, 15) is 4.39 Å². The summed E-state index contributed by atoms with van der Waals surface area (Å²) in [6.07, 6.45) is 0.705. The smallest absolute Gasteiger partial charge is 0.123 e. The van der Waals surface area contributed by atoms with Gasteiger partial charge in [0, 0.05) is 6.04 Å². The predicted molar refractivity (Wildman–Crippen MR) is 82.5 cm³/mol. The van der Waals surface area contributed by atoms with Crippen LogP contribution in [0.4, 0.5) is 4.39 Å². The maximum Gasteiger partial charge on any atom is 0.123 e. The number of hydrazine groups is 1. The first-order valence-corrected chi connectivity index (χ1v) is 7.08. The number of hydrogen-bond acceptors (Lipinski definition) is 3. The van der Waals surface area contributed by atoms with Gasteiger partial charge < -0.3 is 4.74 Å². The fraction of sp³-hybridized carbons (Fsp3) is 0.294. The molecule has 0 spiro atoms. The summed E-state index contributed by atoms with van der Waals surface area (Å²) in [5.74, 6) is 6.30. The van der Waals surface area contributed by atoms with E-state index in [0.717, 1.165) is 22.4 Å². The van der Waals surface area contributed by atoms with Gasteiger partial charge in [-0.2, -0.15) is 0 Å². The molecular formula is C17H21FN2O. The van der Waals surface area contributed by atoms with Crippen LogP contribution in [0.3, 0.4) is 0 Å². The highest BCUT2D eigenvalue weighted by molar-refractivity contribution is 5.32. The normalized spacial score (nSPS) is 12.2. The molecule has 0 aliphatic carbocycles. The number of nitrogens with one attached hydrogen (secondary N) is 1. The van der Waals surface area contributed by atoms with Gasteiger partial charge in [0.05, 0.1) is 6.61 Å². The summed E-state index contributed by atoms with van der Waals surface area (Å²) >= 11 is 0. The largest absolute Gasteiger partial charge is 0.494 e. The van der Waals surface area contributed by atoms with Crippen LogP contribution in [0.1, 0.15) is 29.7 Å². The van der Waals surface area contributed by atoms with Crippen LogP contribution in [0.5, 0.6) is 5.75 Å². The van der Waals surface area contributed by atoms with Crippen molar-refractivity contribution < 1.29 is 9.13 Å². The van der Waals surface area contributed by atoms with Crippen LogP contribution in [0, 0.1) is 12.7 Å². The standard InChI is InChI=1S/C17H21FN2O/c1-3-21-16-8-5-13(6-9-16)17(20-19)11-14-4-7-15(18)10-12(14)2/h4-10,17,20H,3,11,19H2,1-2H3. The molecule has 0 amide bonds. The van der Waals surface area contributed by atoms with Crippen molar-refractivity contribution in [1.29, 1.82) is 0 Å². The number of halogens is 1. The molecule has 21 heavy (non-hydrogen) atoms. The number of ether oxygens (including phenoxy) is 1. The lowest BCUT2D eigenvalue weighted by Crippen LogP contribution is -2.29. The molecule has 0 aliphatic heterocycles. The zero-order valence-corrected chi connectivity index (χ0v) is 12.4. The Bertz CT molecular complexity index is 584. The minimum Gasteiger partial charge on any atom is -0.494 e. The van der Waals surface area contributed by atoms with Gasteiger partial charge in [0.2, 0.25) is 0 Å². The van der Waals surface area contributed by atoms with Crippen LogP contribution < -0.4 is 16.0 Å². The van der Waals surface area contributed by atoms with Gasteiger partial charge in [-0.3, -0.25) is 11.3 Å². The maximum atomic E-state index is 13.2. The van der Waals surface area contributed by atoms with Crippen LogP contribution in [0.15, 0.2) is 42.5 Å². The Hall–Kier alpha value is -1.91. The zero-order chi connectivity index (χ0) is 15.2. The summed E-state index contributed by atoms with van der Waals surface area (Å²) < 4.78 is 18.6. The minimum absolute atomic E-state index is 0.0233. The van der Waals surface area contributed by atoms with E-state index >= 15 is 0 Å². The van der Waals surface area contributed by atoms with E-state index in [4.69, 9.17) is 10.6 Å². The van der Waals surface area contributed by atoms with Gasteiger partial charge >= 0.3 is 0 Å². The molecule has 2 aromatic rings. The van der Waals surface area contributed by atoms with Crippen molar-refractivity contribution >= 4 is 0 Å². The Morgan fingerprint density at radius 1 is 1.19 bits per heavy atom. The van der Waals surface area contributed by atoms with E-state index in [1.807, 2.05) is 44.2 Å². The molecular weight excluding hydrogens is 267 g/mol. The highest BCUT2D eigenvalue weighted by atomic mass is 19.1. The third-order valence-corrected chi connectivity index (χ3v) is 3.52. The lowest BCUT2D eigenvalue weighted by Gasteiger charge is -2.18. The molecule has 0 saturated carbocycles. The number of rotatable bonds is 6. The highest BCUT2D eigenvalue weighted by Crippen LogP contribution is 2.22. The Balaban J connectivity index is 2.15. The molecule has 112 valence electrons. The van der Waals surface area contributed by atoms with Crippen molar-refractivity contribution in [3.63, 3.8) is 0 Å². The Kier molecular flexibility index (Phi) is 5.31. The summed E-state index contributed by atoms with van der Waals surface area (Å²) in [6, 6.07) is 12.7. The molecule has 3 nitrogen and oxygen atoms in total. The van der Waals surface area contributed by atoms with Gasteiger partial charge in [0.15, 0.2) is 0 Å². The van der Waals surface area contributed by atoms with Crippen LogP contribution >= 0.6 is 0 Å². The average molecular weight is 288 g/mol. The lowest BCUT2D eigenvalue weighted by atomic mass is 9.96. The van der Waals surface area contributed by atoms with Crippen LogP contribution in [-0.4, -0.2) is 6.61 Å². The molecule has 0 radical (unpaired) electrons. The summed E-state index contributed by atoms with van der Waals surface area (Å²) in [7, 11) is 0. The molecule has 4 heteroatoms. The quantitative estimate of drug-likeness (QED) is 0.633. The zero-order valence-electron chi connectivity index (χ0n) is 12.4. The Labute approximate surface area is 124 Å². The first kappa shape index (κ1) is 15.5. The molecule has 0 fully saturated rings. The number of benzene rings is 2. The molecule has 0 aromatic heterocycles. The summed E-state index contributed by atoms with van der Waals surface area (Å²) in [5.41, 5.74) is 5.91. The van der Waals surface area contributed by atoms with E-state index in [0.29, 0.717) is 13.0 Å². The summed E-state index contributed by atoms with van der Waals surface area (Å²) in [5, 5.41) is 0. The van der Waals surface area contributed by atoms with Gasteiger partial charge in [0.1, 0.15) is 11.6 Å². The summed E-state index contributed by atoms with van der Waals surface area (Å²) in [6.45, 7) is 4.51. The van der Waals surface area contributed by atoms with Crippen molar-refractivity contribution in [3.8, 4) is 5.75 Å². The first-order chi connectivity index (χ1) is 10.1. The molecule has 2 rings (SSSR count). The molecule has 0 heterocycles. The fourth-order valence-corrected chi connectivity index (χ4v) is 2.34. The SMILES string of the molecule is CCOc1ccc(C(Cc2ccc(F)cc2C)NN)cc1. The van der Waals surface area contributed by atoms with E-state index in [1.165, 1.54) is 6.07 Å². The molecule has 0 saturated heterocycles. The van der Waals surface area contributed by atoms with Gasteiger partial charge in [-0.1, -0.05) is 18.2 Å². The van der Waals surface area contributed by atoms with E-state index in [1.54, 1.807) is 6.07 Å². The molecule has 1 unspecified atom stereocenters. The highest BCUT2D eigenvalue weighted by Gasteiger charge is 2.12. The van der Waals surface area contributed by atoms with E-state index in [2.05, 4.69) is 5.43 Å². The third kappa shape index (κ3) is 4.03. The van der Waals surface area contributed by atoms with E-state index < -0.39 is 0 Å². The second kappa shape index (κ2) is 7.20. The second-order valence-electron chi connectivity index (χ2n) is 5.00. The third-order valence-electron chi connectivity index (χ3n) is 3.52. The molecule has 0 bridgehead atoms. The fourth-order valence-electron chi connectivity index (χ4n) is 2.34. The van der Waals surface area contributed by atoms with Crippen LogP contribution in [0.25, 0.3) is 0 Å². The van der Waals surface area contributed by atoms with Crippen LogP contribution in [-0.2, 0) is 6.42 Å². The van der Waals surface area contributed by atoms with Crippen LogP contribution in [0.2, 0.25) is 0 Å². The van der Waals surface area contributed by atoms with Gasteiger partial charge in [-0.25, -0.2) is 4.39 Å². The van der Waals surface area contributed by atoms with Crippen molar-refractivity contribution in [1.82, 2.24) is 5.43 Å². The first-order valence-electron chi connectivity index (χ1n) is 7.08. The second-order valence-corrected chi connectivity index (χ2v) is 5.00. The monoisotopic (exact) mass is 288 g/mol. The molecule has 3 N–H and O–H groups in total. The van der Waals surface area contributed by atoms with Gasteiger partial charge in [-0.05, 0) is 61.2 Å². The Morgan fingerprint density at radius 2 is 1.90 bits per heavy atom. The average Bonchev–Trinajstić information content (AvgIpc) is 2.48. The van der Waals surface area contributed by atoms with Gasteiger partial charge in [0.25, 0.3) is 0 Å². The number of nitrogens with two attached hydrogens (primary N) is 1. The van der Waals surface area contributed by atoms with Gasteiger partial charge in [-0.15, -0.1) is 0 Å². The summed E-state index contributed by atoms with van der Waals surface area (Å²) in [4.78, 5) is 0. The molecule has 1 atom stereocenters. The molecule has 0 aliphatic rings.